The van der Waals surface area contributed by atoms with E-state index < -0.39 is 0 Å². The first kappa shape index (κ1) is 25.3. The summed E-state index contributed by atoms with van der Waals surface area (Å²) in [5, 5.41) is 3.63. The zero-order chi connectivity index (χ0) is 23.0. The standard InChI is InChI=1S/C26H35NO5/c1-5-6-15-30-25-18-21(2)26(22(3)19-25)32-16-8-7-14-29-20-23-9-11-24(12-10-23)31-17-13-27-28-4/h5-6,9-13,18-19H,7-8,14-17,20H2,1-4H3/b6-5+,27-13?. The van der Waals surface area contributed by atoms with Gasteiger partial charge in [-0.25, -0.2) is 0 Å². The molecule has 0 saturated carbocycles. The number of hydrogen-bond acceptors (Lipinski definition) is 6. The van der Waals surface area contributed by atoms with Gasteiger partial charge in [-0.05, 0) is 74.6 Å². The topological polar surface area (TPSA) is 58.5 Å². The molecule has 0 aliphatic carbocycles. The molecule has 0 spiro atoms. The summed E-state index contributed by atoms with van der Waals surface area (Å²) < 4.78 is 23.0. The van der Waals surface area contributed by atoms with Crippen molar-refractivity contribution in [1.29, 1.82) is 0 Å². The maximum absolute atomic E-state index is 6.02. The summed E-state index contributed by atoms with van der Waals surface area (Å²) in [6.45, 7) is 9.00. The van der Waals surface area contributed by atoms with E-state index in [4.69, 9.17) is 18.9 Å². The first-order valence-corrected chi connectivity index (χ1v) is 11.0. The second-order valence-corrected chi connectivity index (χ2v) is 7.30. The predicted octanol–water partition coefficient (Wildman–Crippen LogP) is 5.65. The van der Waals surface area contributed by atoms with Gasteiger partial charge in [-0.2, -0.15) is 0 Å². The number of oxime groups is 1. The van der Waals surface area contributed by atoms with Crippen molar-refractivity contribution < 1.29 is 23.8 Å². The third-order valence-electron chi connectivity index (χ3n) is 4.64. The van der Waals surface area contributed by atoms with E-state index in [2.05, 4.69) is 23.8 Å². The van der Waals surface area contributed by atoms with Gasteiger partial charge < -0.3 is 23.8 Å². The van der Waals surface area contributed by atoms with E-state index >= 15 is 0 Å². The fraction of sp³-hybridized carbons (Fsp3) is 0.423. The van der Waals surface area contributed by atoms with E-state index in [0.29, 0.717) is 33.0 Å². The van der Waals surface area contributed by atoms with Gasteiger partial charge in [-0.15, -0.1) is 0 Å². The molecule has 6 nitrogen and oxygen atoms in total. The summed E-state index contributed by atoms with van der Waals surface area (Å²) in [5.74, 6) is 2.61. The molecular formula is C26H35NO5. The van der Waals surface area contributed by atoms with Crippen LogP contribution in [-0.4, -0.2) is 39.8 Å². The Balaban J connectivity index is 1.62. The van der Waals surface area contributed by atoms with Crippen molar-refractivity contribution in [2.75, 3.05) is 33.5 Å². The largest absolute Gasteiger partial charge is 0.493 e. The lowest BCUT2D eigenvalue weighted by Crippen LogP contribution is -2.04. The molecule has 0 aliphatic rings. The van der Waals surface area contributed by atoms with Crippen molar-refractivity contribution in [1.82, 2.24) is 0 Å². The molecule has 0 aliphatic heterocycles. The van der Waals surface area contributed by atoms with Gasteiger partial charge in [-0.1, -0.05) is 29.4 Å². The van der Waals surface area contributed by atoms with Crippen LogP contribution in [0.4, 0.5) is 0 Å². The molecule has 0 bridgehead atoms. The molecule has 2 rings (SSSR count). The summed E-state index contributed by atoms with van der Waals surface area (Å²) in [6.07, 6.45) is 7.42. The molecule has 0 saturated heterocycles. The highest BCUT2D eigenvalue weighted by Gasteiger charge is 2.07. The van der Waals surface area contributed by atoms with Crippen molar-refractivity contribution in [2.24, 2.45) is 5.16 Å². The van der Waals surface area contributed by atoms with Gasteiger partial charge in [0.1, 0.15) is 37.6 Å². The van der Waals surface area contributed by atoms with E-state index in [1.54, 1.807) is 6.21 Å². The van der Waals surface area contributed by atoms with Crippen LogP contribution in [0.2, 0.25) is 0 Å². The van der Waals surface area contributed by atoms with Gasteiger partial charge in [0.2, 0.25) is 0 Å². The Bertz CT molecular complexity index is 823. The zero-order valence-electron chi connectivity index (χ0n) is 19.6. The smallest absolute Gasteiger partial charge is 0.127 e. The Morgan fingerprint density at radius 2 is 1.53 bits per heavy atom. The van der Waals surface area contributed by atoms with E-state index in [1.807, 2.05) is 55.5 Å². The Morgan fingerprint density at radius 3 is 2.22 bits per heavy atom. The minimum absolute atomic E-state index is 0.374. The molecule has 2 aromatic carbocycles. The molecule has 0 radical (unpaired) electrons. The number of allylic oxidation sites excluding steroid dienone is 1. The second-order valence-electron chi connectivity index (χ2n) is 7.30. The van der Waals surface area contributed by atoms with Crippen LogP contribution in [0.15, 0.2) is 53.7 Å². The summed E-state index contributed by atoms with van der Waals surface area (Å²) in [4.78, 5) is 4.59. The van der Waals surface area contributed by atoms with Crippen molar-refractivity contribution in [3.05, 3.63) is 65.2 Å². The molecule has 0 heterocycles. The van der Waals surface area contributed by atoms with Crippen LogP contribution in [0.25, 0.3) is 0 Å². The third kappa shape index (κ3) is 9.43. The molecule has 174 valence electrons. The number of benzene rings is 2. The van der Waals surface area contributed by atoms with E-state index in [0.717, 1.165) is 46.8 Å². The van der Waals surface area contributed by atoms with Gasteiger partial charge in [0.25, 0.3) is 0 Å². The Kier molecular flexibility index (Phi) is 11.8. The van der Waals surface area contributed by atoms with Crippen LogP contribution in [0.5, 0.6) is 17.2 Å². The van der Waals surface area contributed by atoms with Crippen LogP contribution in [0.1, 0.15) is 36.5 Å². The van der Waals surface area contributed by atoms with Crippen LogP contribution in [0, 0.1) is 13.8 Å². The second kappa shape index (κ2) is 14.9. The minimum Gasteiger partial charge on any atom is -0.493 e. The van der Waals surface area contributed by atoms with Crippen molar-refractivity contribution >= 4 is 6.21 Å². The lowest BCUT2D eigenvalue weighted by Gasteiger charge is -2.14. The van der Waals surface area contributed by atoms with Crippen LogP contribution < -0.4 is 14.2 Å². The molecule has 0 aromatic heterocycles. The Morgan fingerprint density at radius 1 is 0.844 bits per heavy atom. The van der Waals surface area contributed by atoms with Gasteiger partial charge in [-0.3, -0.25) is 0 Å². The SMILES string of the molecule is C/C=C/COc1cc(C)c(OCCCCOCc2ccc(OCC=NOC)cc2)c(C)c1. The Labute approximate surface area is 191 Å². The molecule has 2 aromatic rings. The molecule has 6 heteroatoms. The maximum Gasteiger partial charge on any atom is 0.127 e. The number of unbranched alkanes of at least 4 members (excludes halogenated alkanes) is 1. The van der Waals surface area contributed by atoms with Gasteiger partial charge in [0, 0.05) is 6.61 Å². The number of rotatable bonds is 15. The third-order valence-corrected chi connectivity index (χ3v) is 4.64. The summed E-state index contributed by atoms with van der Waals surface area (Å²) in [6, 6.07) is 11.9. The number of nitrogens with zero attached hydrogens (tertiary/aromatic N) is 1. The van der Waals surface area contributed by atoms with Crippen LogP contribution in [0.3, 0.4) is 0 Å². The van der Waals surface area contributed by atoms with E-state index in [-0.39, 0.29) is 0 Å². The number of aryl methyl sites for hydroxylation is 2. The highest BCUT2D eigenvalue weighted by atomic mass is 16.6. The molecule has 0 N–H and O–H groups in total. The number of hydrogen-bond donors (Lipinski definition) is 0. The number of ether oxygens (including phenoxy) is 4. The van der Waals surface area contributed by atoms with Gasteiger partial charge in [0.15, 0.2) is 0 Å². The summed E-state index contributed by atoms with van der Waals surface area (Å²) in [5.41, 5.74) is 3.30. The van der Waals surface area contributed by atoms with E-state index in [9.17, 15) is 0 Å². The highest BCUT2D eigenvalue weighted by Crippen LogP contribution is 2.28. The lowest BCUT2D eigenvalue weighted by atomic mass is 10.1. The summed E-state index contributed by atoms with van der Waals surface area (Å²) in [7, 11) is 1.50. The first-order chi connectivity index (χ1) is 15.6. The average molecular weight is 442 g/mol. The maximum atomic E-state index is 6.02. The Hall–Kier alpha value is -2.99. The van der Waals surface area contributed by atoms with Crippen molar-refractivity contribution in [3.63, 3.8) is 0 Å². The van der Waals surface area contributed by atoms with Crippen LogP contribution in [-0.2, 0) is 16.2 Å². The average Bonchev–Trinajstić information content (AvgIpc) is 2.78. The monoisotopic (exact) mass is 441 g/mol. The van der Waals surface area contributed by atoms with Crippen molar-refractivity contribution in [3.8, 4) is 17.2 Å². The quantitative estimate of drug-likeness (QED) is 0.155. The normalized spacial score (nSPS) is 11.2. The lowest BCUT2D eigenvalue weighted by molar-refractivity contribution is 0.113. The summed E-state index contributed by atoms with van der Waals surface area (Å²) >= 11 is 0. The molecule has 32 heavy (non-hydrogen) atoms. The van der Waals surface area contributed by atoms with Crippen molar-refractivity contribution in [2.45, 2.75) is 40.2 Å². The minimum atomic E-state index is 0.374. The molecule has 0 unspecified atom stereocenters. The molecule has 0 amide bonds. The van der Waals surface area contributed by atoms with E-state index in [1.165, 1.54) is 7.11 Å². The highest BCUT2D eigenvalue weighted by molar-refractivity contribution is 5.58. The van der Waals surface area contributed by atoms with Gasteiger partial charge in [0.05, 0.1) is 19.4 Å². The fourth-order valence-corrected chi connectivity index (χ4v) is 3.05. The van der Waals surface area contributed by atoms with Gasteiger partial charge >= 0.3 is 0 Å². The first-order valence-electron chi connectivity index (χ1n) is 11.0. The predicted molar refractivity (Wildman–Crippen MR) is 128 cm³/mol. The molecule has 0 fully saturated rings. The van der Waals surface area contributed by atoms with Crippen LogP contribution >= 0.6 is 0 Å². The zero-order valence-corrected chi connectivity index (χ0v) is 19.6. The molecule has 0 atom stereocenters. The fourth-order valence-electron chi connectivity index (χ4n) is 3.05. The molecular weight excluding hydrogens is 406 g/mol.